The highest BCUT2D eigenvalue weighted by Gasteiger charge is 2.62. The van der Waals surface area contributed by atoms with E-state index in [1.165, 1.54) is 10.4 Å². The second-order valence-electron chi connectivity index (χ2n) is 6.68. The molecule has 4 heteroatoms. The fourth-order valence-corrected chi connectivity index (χ4v) is 10.6. The number of hydrogen-bond acceptors (Lipinski definition) is 1. The minimum Gasteiger partial charge on any atom is -0.480 e. The van der Waals surface area contributed by atoms with Crippen LogP contribution in [-0.4, -0.2) is 27.2 Å². The van der Waals surface area contributed by atoms with Crippen LogP contribution in [0.1, 0.15) is 6.92 Å². The van der Waals surface area contributed by atoms with Gasteiger partial charge >= 0.3 is 5.97 Å². The first kappa shape index (κ1) is 12.7. The van der Waals surface area contributed by atoms with E-state index < -0.39 is 27.5 Å². The molecule has 0 radical (unpaired) electrons. The molecular formula is C11H22O2Si2. The average molecular weight is 242 g/mol. The summed E-state index contributed by atoms with van der Waals surface area (Å²) in [4.78, 5) is 11.4. The van der Waals surface area contributed by atoms with Crippen molar-refractivity contribution in [1.29, 1.82) is 0 Å². The van der Waals surface area contributed by atoms with Gasteiger partial charge in [0.2, 0.25) is 0 Å². The molecule has 1 aliphatic carbocycles. The average Bonchev–Trinajstić information content (AvgIpc) is 2.55. The number of aliphatic carboxylic acids is 1. The van der Waals surface area contributed by atoms with Crippen LogP contribution < -0.4 is 0 Å². The van der Waals surface area contributed by atoms with Crippen LogP contribution in [0.2, 0.25) is 39.3 Å². The lowest BCUT2D eigenvalue weighted by molar-refractivity contribution is -0.141. The van der Waals surface area contributed by atoms with Crippen molar-refractivity contribution >= 4 is 22.1 Å². The number of rotatable bonds is 3. The molecule has 0 bridgehead atoms. The molecule has 2 nitrogen and oxygen atoms in total. The Bertz CT molecular complexity index is 319. The molecule has 0 saturated heterocycles. The van der Waals surface area contributed by atoms with Crippen molar-refractivity contribution in [3.05, 3.63) is 10.4 Å². The highest BCUT2D eigenvalue weighted by atomic mass is 28.3. The van der Waals surface area contributed by atoms with Crippen molar-refractivity contribution in [3.63, 3.8) is 0 Å². The third kappa shape index (κ3) is 1.85. The summed E-state index contributed by atoms with van der Waals surface area (Å²) in [5.41, 5.74) is -0.574. The Morgan fingerprint density at radius 2 is 1.27 bits per heavy atom. The van der Waals surface area contributed by atoms with E-state index in [0.29, 0.717) is 0 Å². The van der Waals surface area contributed by atoms with Crippen LogP contribution in [0.5, 0.6) is 0 Å². The van der Waals surface area contributed by atoms with E-state index in [2.05, 4.69) is 39.3 Å². The van der Waals surface area contributed by atoms with Crippen LogP contribution in [0.4, 0.5) is 0 Å². The van der Waals surface area contributed by atoms with E-state index in [1.807, 2.05) is 6.92 Å². The Kier molecular flexibility index (Phi) is 2.60. The summed E-state index contributed by atoms with van der Waals surface area (Å²) in [6.07, 6.45) is 0. The topological polar surface area (TPSA) is 37.3 Å². The van der Waals surface area contributed by atoms with Crippen LogP contribution in [-0.2, 0) is 4.79 Å². The molecule has 1 aliphatic rings. The predicted octanol–water partition coefficient (Wildman–Crippen LogP) is 3.14. The lowest BCUT2D eigenvalue weighted by Gasteiger charge is -2.18. The highest BCUT2D eigenvalue weighted by molar-refractivity contribution is 6.93. The van der Waals surface area contributed by atoms with Crippen molar-refractivity contribution < 1.29 is 9.90 Å². The van der Waals surface area contributed by atoms with E-state index in [1.54, 1.807) is 0 Å². The molecule has 0 unspecified atom stereocenters. The Labute approximate surface area is 94.4 Å². The fourth-order valence-electron chi connectivity index (χ4n) is 2.84. The van der Waals surface area contributed by atoms with Crippen LogP contribution in [0, 0.1) is 5.41 Å². The molecular weight excluding hydrogens is 220 g/mol. The van der Waals surface area contributed by atoms with Crippen LogP contribution >= 0.6 is 0 Å². The zero-order valence-electron chi connectivity index (χ0n) is 10.9. The summed E-state index contributed by atoms with van der Waals surface area (Å²) in [5, 5.41) is 12.0. The first-order valence-corrected chi connectivity index (χ1v) is 12.4. The molecule has 0 amide bonds. The normalized spacial score (nSPS) is 20.5. The molecule has 86 valence electrons. The van der Waals surface area contributed by atoms with E-state index >= 15 is 0 Å². The molecule has 1 rings (SSSR count). The Hall–Kier alpha value is -0.356. The summed E-state index contributed by atoms with van der Waals surface area (Å²) >= 11 is 0. The zero-order chi connectivity index (χ0) is 12.2. The molecule has 0 heterocycles. The third-order valence-corrected chi connectivity index (χ3v) is 7.87. The van der Waals surface area contributed by atoms with Gasteiger partial charge in [0, 0.05) is 0 Å². The third-order valence-electron chi connectivity index (χ3n) is 3.12. The van der Waals surface area contributed by atoms with Crippen LogP contribution in [0.25, 0.3) is 0 Å². The first-order chi connectivity index (χ1) is 6.43. The number of carbonyl (C=O) groups is 1. The van der Waals surface area contributed by atoms with Crippen molar-refractivity contribution in [2.45, 2.75) is 46.2 Å². The standard InChI is InChI=1S/C11H22O2Si2/c1-11(10(12)13)8(14(2,3)4)9(11)15(5,6)7/h1-7H3,(H,12,13). The van der Waals surface area contributed by atoms with Gasteiger partial charge in [0.1, 0.15) is 0 Å². The predicted molar refractivity (Wildman–Crippen MR) is 69.5 cm³/mol. The molecule has 0 fully saturated rings. The number of hydrogen-bond donors (Lipinski definition) is 1. The minimum absolute atomic E-state index is 0.574. The molecule has 15 heavy (non-hydrogen) atoms. The van der Waals surface area contributed by atoms with Crippen molar-refractivity contribution in [2.75, 3.05) is 0 Å². The van der Waals surface area contributed by atoms with Gasteiger partial charge in [-0.05, 0) is 6.92 Å². The molecule has 0 spiro atoms. The molecule has 0 aromatic rings. The lowest BCUT2D eigenvalue weighted by atomic mass is 10.1. The maximum absolute atomic E-state index is 11.4. The minimum atomic E-state index is -1.46. The van der Waals surface area contributed by atoms with Gasteiger partial charge in [-0.25, -0.2) is 0 Å². The second-order valence-corrected chi connectivity index (χ2v) is 16.7. The molecule has 0 aromatic carbocycles. The summed E-state index contributed by atoms with van der Waals surface area (Å²) in [6, 6.07) is 0. The first-order valence-electron chi connectivity index (χ1n) is 5.43. The Balaban J connectivity index is 3.21. The highest BCUT2D eigenvalue weighted by Crippen LogP contribution is 2.60. The van der Waals surface area contributed by atoms with Crippen molar-refractivity contribution in [3.8, 4) is 0 Å². The van der Waals surface area contributed by atoms with Crippen molar-refractivity contribution in [2.24, 2.45) is 5.41 Å². The monoisotopic (exact) mass is 242 g/mol. The largest absolute Gasteiger partial charge is 0.480 e. The lowest BCUT2D eigenvalue weighted by Crippen LogP contribution is -2.30. The number of carboxylic acid groups (broad SMARTS) is 1. The molecule has 1 N–H and O–H groups in total. The van der Waals surface area contributed by atoms with Gasteiger partial charge < -0.3 is 5.11 Å². The van der Waals surface area contributed by atoms with E-state index in [9.17, 15) is 9.90 Å². The maximum atomic E-state index is 11.4. The van der Waals surface area contributed by atoms with Gasteiger partial charge in [-0.15, -0.1) is 0 Å². The van der Waals surface area contributed by atoms with Crippen LogP contribution in [0.3, 0.4) is 0 Å². The Morgan fingerprint density at radius 1 is 1.00 bits per heavy atom. The quantitative estimate of drug-likeness (QED) is 0.772. The van der Waals surface area contributed by atoms with Gasteiger partial charge in [-0.1, -0.05) is 49.7 Å². The van der Waals surface area contributed by atoms with Gasteiger partial charge in [-0.3, -0.25) is 4.79 Å². The molecule has 0 aliphatic heterocycles. The zero-order valence-corrected chi connectivity index (χ0v) is 12.9. The number of carboxylic acids is 1. The van der Waals surface area contributed by atoms with E-state index in [4.69, 9.17) is 0 Å². The summed E-state index contributed by atoms with van der Waals surface area (Å²) in [7, 11) is -2.92. The fraction of sp³-hybridized carbons (Fsp3) is 0.727. The summed E-state index contributed by atoms with van der Waals surface area (Å²) in [5.74, 6) is -0.641. The summed E-state index contributed by atoms with van der Waals surface area (Å²) in [6.45, 7) is 15.4. The molecule has 0 aromatic heterocycles. The molecule has 0 saturated carbocycles. The van der Waals surface area contributed by atoms with Crippen LogP contribution in [0.15, 0.2) is 10.4 Å². The van der Waals surface area contributed by atoms with Crippen molar-refractivity contribution in [1.82, 2.24) is 0 Å². The van der Waals surface area contributed by atoms with Gasteiger partial charge in [-0.2, -0.15) is 0 Å². The van der Waals surface area contributed by atoms with Gasteiger partial charge in [0.25, 0.3) is 0 Å². The maximum Gasteiger partial charge on any atom is 0.316 e. The molecule has 0 atom stereocenters. The second kappa shape index (κ2) is 3.07. The SMILES string of the molecule is CC1(C(=O)O)C([Si](C)(C)C)=C1[Si](C)(C)C. The summed E-state index contributed by atoms with van der Waals surface area (Å²) < 4.78 is 0. The van der Waals surface area contributed by atoms with E-state index in [-0.39, 0.29) is 0 Å². The van der Waals surface area contributed by atoms with E-state index in [0.717, 1.165) is 0 Å². The van der Waals surface area contributed by atoms with Gasteiger partial charge in [0.05, 0.1) is 21.6 Å². The smallest absolute Gasteiger partial charge is 0.316 e. The van der Waals surface area contributed by atoms with Gasteiger partial charge in [0.15, 0.2) is 0 Å². The Morgan fingerprint density at radius 3 is 1.33 bits per heavy atom.